The number of hydrogen-bond donors (Lipinski definition) is 2. The summed E-state index contributed by atoms with van der Waals surface area (Å²) in [7, 11) is 1.13. The third kappa shape index (κ3) is 2.94. The van der Waals surface area contributed by atoms with Gasteiger partial charge in [-0.1, -0.05) is 6.07 Å². The summed E-state index contributed by atoms with van der Waals surface area (Å²) in [4.78, 5) is 0. The molecule has 2 N–H and O–H groups in total. The van der Waals surface area contributed by atoms with Crippen LogP contribution >= 0.6 is 0 Å². The molecule has 0 amide bonds. The molecule has 0 aliphatic carbocycles. The van der Waals surface area contributed by atoms with Crippen molar-refractivity contribution in [1.29, 1.82) is 0 Å². The van der Waals surface area contributed by atoms with Crippen LogP contribution in [-0.2, 0) is 12.6 Å². The highest BCUT2D eigenvalue weighted by Crippen LogP contribution is 2.43. The van der Waals surface area contributed by atoms with Gasteiger partial charge in [0.1, 0.15) is 5.56 Å². The van der Waals surface area contributed by atoms with Gasteiger partial charge < -0.3 is 15.2 Å². The van der Waals surface area contributed by atoms with Gasteiger partial charge in [0, 0.05) is 0 Å². The maximum absolute atomic E-state index is 12.8. The fraction of sp³-hybridized carbons (Fsp3) is 0.538. The van der Waals surface area contributed by atoms with E-state index in [1.54, 1.807) is 0 Å². The molecule has 6 heteroatoms. The maximum Gasteiger partial charge on any atom is 0.420 e. The second kappa shape index (κ2) is 5.28. The molecule has 0 aromatic heterocycles. The zero-order valence-corrected chi connectivity index (χ0v) is 10.5. The SMILES string of the molecule is COc1c(C(F)(F)F)ccc(CC2CCNC2)c1O. The molecule has 0 radical (unpaired) electrons. The quantitative estimate of drug-likeness (QED) is 0.891. The van der Waals surface area contributed by atoms with Gasteiger partial charge in [0.05, 0.1) is 7.11 Å². The fourth-order valence-electron chi connectivity index (χ4n) is 2.41. The molecule has 1 aliphatic rings. The number of phenolic OH excluding ortho intramolecular Hbond substituents is 1. The van der Waals surface area contributed by atoms with Crippen molar-refractivity contribution >= 4 is 0 Å². The molecule has 3 nitrogen and oxygen atoms in total. The second-order valence-electron chi connectivity index (χ2n) is 4.71. The lowest BCUT2D eigenvalue weighted by Crippen LogP contribution is -2.12. The van der Waals surface area contributed by atoms with Crippen LogP contribution in [-0.4, -0.2) is 25.3 Å². The lowest BCUT2D eigenvalue weighted by atomic mass is 9.96. The number of alkyl halides is 3. The zero-order chi connectivity index (χ0) is 14.0. The van der Waals surface area contributed by atoms with Crippen LogP contribution in [0, 0.1) is 5.92 Å². The van der Waals surface area contributed by atoms with E-state index in [0.29, 0.717) is 17.9 Å². The Balaban J connectivity index is 2.31. The minimum atomic E-state index is -4.53. The molecule has 1 aromatic carbocycles. The van der Waals surface area contributed by atoms with Crippen LogP contribution < -0.4 is 10.1 Å². The van der Waals surface area contributed by atoms with Crippen molar-refractivity contribution in [2.75, 3.05) is 20.2 Å². The highest BCUT2D eigenvalue weighted by Gasteiger charge is 2.36. The van der Waals surface area contributed by atoms with Gasteiger partial charge in [-0.3, -0.25) is 0 Å². The van der Waals surface area contributed by atoms with Crippen molar-refractivity contribution in [3.05, 3.63) is 23.3 Å². The first-order valence-electron chi connectivity index (χ1n) is 6.10. The number of aromatic hydroxyl groups is 1. The molecule has 1 aromatic rings. The van der Waals surface area contributed by atoms with Gasteiger partial charge in [0.2, 0.25) is 0 Å². The van der Waals surface area contributed by atoms with Crippen LogP contribution in [0.5, 0.6) is 11.5 Å². The smallest absolute Gasteiger partial charge is 0.420 e. The highest BCUT2D eigenvalue weighted by atomic mass is 19.4. The Morgan fingerprint density at radius 3 is 2.68 bits per heavy atom. The van der Waals surface area contributed by atoms with Crippen molar-refractivity contribution in [1.82, 2.24) is 5.32 Å². The molecule has 1 fully saturated rings. The van der Waals surface area contributed by atoms with Crippen LogP contribution in [0.3, 0.4) is 0 Å². The Bertz CT molecular complexity index is 454. The molecule has 2 rings (SSSR count). The topological polar surface area (TPSA) is 41.5 Å². The number of nitrogens with one attached hydrogen (secondary N) is 1. The summed E-state index contributed by atoms with van der Waals surface area (Å²) in [5, 5.41) is 13.1. The first kappa shape index (κ1) is 14.0. The summed E-state index contributed by atoms with van der Waals surface area (Å²) in [6, 6.07) is 2.30. The molecule has 0 spiro atoms. The van der Waals surface area contributed by atoms with E-state index in [1.807, 2.05) is 0 Å². The third-order valence-corrected chi connectivity index (χ3v) is 3.40. The van der Waals surface area contributed by atoms with Crippen molar-refractivity contribution in [3.63, 3.8) is 0 Å². The minimum absolute atomic E-state index is 0.340. The average molecular weight is 275 g/mol. The fourth-order valence-corrected chi connectivity index (χ4v) is 2.41. The predicted molar refractivity (Wildman–Crippen MR) is 64.3 cm³/mol. The zero-order valence-electron chi connectivity index (χ0n) is 10.5. The highest BCUT2D eigenvalue weighted by molar-refractivity contribution is 5.52. The van der Waals surface area contributed by atoms with Gasteiger partial charge in [-0.05, 0) is 43.5 Å². The van der Waals surface area contributed by atoms with Crippen LogP contribution in [0.1, 0.15) is 17.5 Å². The van der Waals surface area contributed by atoms with E-state index in [2.05, 4.69) is 5.32 Å². The molecular formula is C13H16F3NO2. The molecule has 1 aliphatic heterocycles. The second-order valence-corrected chi connectivity index (χ2v) is 4.71. The van der Waals surface area contributed by atoms with Crippen LogP contribution in [0.4, 0.5) is 13.2 Å². The summed E-state index contributed by atoms with van der Waals surface area (Å²) in [5.41, 5.74) is -0.445. The van der Waals surface area contributed by atoms with Crippen LogP contribution in [0.15, 0.2) is 12.1 Å². The minimum Gasteiger partial charge on any atom is -0.504 e. The van der Waals surface area contributed by atoms with Crippen molar-refractivity contribution in [3.8, 4) is 11.5 Å². The van der Waals surface area contributed by atoms with E-state index < -0.39 is 23.2 Å². The first-order valence-corrected chi connectivity index (χ1v) is 6.10. The van der Waals surface area contributed by atoms with Crippen molar-refractivity contribution in [2.45, 2.75) is 19.0 Å². The number of hydrogen-bond acceptors (Lipinski definition) is 3. The molecule has 0 bridgehead atoms. The molecular weight excluding hydrogens is 259 g/mol. The van der Waals surface area contributed by atoms with Gasteiger partial charge >= 0.3 is 6.18 Å². The summed E-state index contributed by atoms with van der Waals surface area (Å²) in [6.07, 6.45) is -3.02. The van der Waals surface area contributed by atoms with Gasteiger partial charge in [0.15, 0.2) is 11.5 Å². The Hall–Kier alpha value is -1.43. The predicted octanol–water partition coefficient (Wildman–Crippen LogP) is 2.57. The number of halogens is 3. The number of benzene rings is 1. The third-order valence-electron chi connectivity index (χ3n) is 3.40. The molecule has 1 unspecified atom stereocenters. The maximum atomic E-state index is 12.8. The Kier molecular flexibility index (Phi) is 3.89. The number of ether oxygens (including phenoxy) is 1. The summed E-state index contributed by atoms with van der Waals surface area (Å²) in [6.45, 7) is 1.73. The molecule has 1 saturated heterocycles. The molecule has 106 valence electrons. The number of rotatable bonds is 3. The number of phenols is 1. The summed E-state index contributed by atoms with van der Waals surface area (Å²) >= 11 is 0. The van der Waals surface area contributed by atoms with Crippen molar-refractivity contribution in [2.24, 2.45) is 5.92 Å². The summed E-state index contributed by atoms with van der Waals surface area (Å²) < 4.78 is 43.0. The Morgan fingerprint density at radius 2 is 2.16 bits per heavy atom. The summed E-state index contributed by atoms with van der Waals surface area (Å²) in [5.74, 6) is -0.549. The lowest BCUT2D eigenvalue weighted by molar-refractivity contribution is -0.138. The average Bonchev–Trinajstić information content (AvgIpc) is 2.83. The number of methoxy groups -OCH3 is 1. The Labute approximate surface area is 109 Å². The standard InChI is InChI=1S/C13H16F3NO2/c1-19-12-10(13(14,15)16)3-2-9(11(12)18)6-8-4-5-17-7-8/h2-3,8,17-18H,4-7H2,1H3. The molecule has 19 heavy (non-hydrogen) atoms. The van der Waals surface area contributed by atoms with Gasteiger partial charge in [0.25, 0.3) is 0 Å². The Morgan fingerprint density at radius 1 is 1.42 bits per heavy atom. The molecule has 0 saturated carbocycles. The largest absolute Gasteiger partial charge is 0.504 e. The molecule has 1 heterocycles. The van der Waals surface area contributed by atoms with Gasteiger partial charge in [-0.15, -0.1) is 0 Å². The van der Waals surface area contributed by atoms with E-state index in [1.165, 1.54) is 6.07 Å². The normalized spacial score (nSPS) is 19.7. The van der Waals surface area contributed by atoms with E-state index in [0.717, 1.165) is 32.7 Å². The van der Waals surface area contributed by atoms with Crippen LogP contribution in [0.25, 0.3) is 0 Å². The van der Waals surface area contributed by atoms with Crippen LogP contribution in [0.2, 0.25) is 0 Å². The van der Waals surface area contributed by atoms with E-state index >= 15 is 0 Å². The van der Waals surface area contributed by atoms with E-state index in [-0.39, 0.29) is 0 Å². The van der Waals surface area contributed by atoms with E-state index in [4.69, 9.17) is 4.74 Å². The van der Waals surface area contributed by atoms with Gasteiger partial charge in [-0.2, -0.15) is 13.2 Å². The lowest BCUT2D eigenvalue weighted by Gasteiger charge is -2.17. The first-order chi connectivity index (χ1) is 8.93. The van der Waals surface area contributed by atoms with Crippen molar-refractivity contribution < 1.29 is 23.0 Å². The van der Waals surface area contributed by atoms with Gasteiger partial charge in [-0.25, -0.2) is 0 Å². The molecule has 1 atom stereocenters. The van der Waals surface area contributed by atoms with E-state index in [9.17, 15) is 18.3 Å². The monoisotopic (exact) mass is 275 g/mol.